The van der Waals surface area contributed by atoms with Gasteiger partial charge in [-0.25, -0.2) is 0 Å². The SMILES string of the molecule is CC(C)C(=O)C1CCCN1.CC(C)C(=O)[C@@H](N)CC(=O)O.CC(C)C(=O)[C@@H](N)CC(N)=O.CC(C)C(=O)[C@@H](N)CCC(=O)O.CC(C)C(=O)[C@@H](N)CCCCN.CC(C)C(=O)[C@@H](N)CCCN=C(N)N.CC(C)C(=O)[C@@H](N)CO.CC(C)C(=O)[C@@H](N)c1ccccc1. The number of hydrogen-bond donors (Lipinski definition) is 15. The third-order valence-electron chi connectivity index (χ3n) is 13.2. The van der Waals surface area contributed by atoms with Crippen molar-refractivity contribution in [1.82, 2.24) is 5.32 Å². The molecule has 1 aliphatic rings. The van der Waals surface area contributed by atoms with Crippen LogP contribution in [0.3, 0.4) is 0 Å². The Bertz CT molecular complexity index is 2250. The van der Waals surface area contributed by atoms with Crippen LogP contribution in [0.25, 0.3) is 0 Å². The van der Waals surface area contributed by atoms with Crippen molar-refractivity contribution in [3.63, 3.8) is 0 Å². The molecular formula is C65H125N13O14. The highest BCUT2D eigenvalue weighted by Crippen LogP contribution is 2.15. The van der Waals surface area contributed by atoms with E-state index in [0.717, 1.165) is 50.6 Å². The van der Waals surface area contributed by atoms with E-state index >= 15 is 0 Å². The Morgan fingerprint density at radius 3 is 1.15 bits per heavy atom. The maximum absolute atomic E-state index is 11.5. The lowest BCUT2D eigenvalue weighted by atomic mass is 9.96. The zero-order valence-electron chi connectivity index (χ0n) is 58.4. The van der Waals surface area contributed by atoms with Crippen LogP contribution in [-0.4, -0.2) is 154 Å². The van der Waals surface area contributed by atoms with Gasteiger partial charge in [-0.15, -0.1) is 0 Å². The number of aliphatic hydroxyl groups excluding tert-OH is 1. The predicted molar refractivity (Wildman–Crippen MR) is 364 cm³/mol. The van der Waals surface area contributed by atoms with Crippen molar-refractivity contribution in [1.29, 1.82) is 0 Å². The number of Topliss-reactive ketones (excluding diaryl/α,β-unsaturated/α-hetero) is 8. The van der Waals surface area contributed by atoms with E-state index in [2.05, 4.69) is 10.3 Å². The summed E-state index contributed by atoms with van der Waals surface area (Å²) in [5.41, 5.74) is 59.8. The summed E-state index contributed by atoms with van der Waals surface area (Å²) in [5, 5.41) is 28.2. The number of carbonyl (C=O) groups excluding carboxylic acids is 9. The van der Waals surface area contributed by atoms with Gasteiger partial charge in [-0.3, -0.25) is 57.7 Å². The highest BCUT2D eigenvalue weighted by Gasteiger charge is 2.25. The molecule has 27 heteroatoms. The summed E-state index contributed by atoms with van der Waals surface area (Å²) in [4.78, 5) is 124. The van der Waals surface area contributed by atoms with E-state index in [1.54, 1.807) is 55.4 Å². The predicted octanol–water partition coefficient (Wildman–Crippen LogP) is 2.50. The van der Waals surface area contributed by atoms with Crippen LogP contribution in [0.5, 0.6) is 0 Å². The van der Waals surface area contributed by atoms with Gasteiger partial charge in [0.2, 0.25) is 5.91 Å². The average molecular weight is 1310 g/mol. The summed E-state index contributed by atoms with van der Waals surface area (Å²) in [6.07, 6.45) is 6.09. The highest BCUT2D eigenvalue weighted by atomic mass is 16.4. The fourth-order valence-electron chi connectivity index (χ4n) is 7.51. The Labute approximate surface area is 548 Å². The Hall–Kier alpha value is -6.14. The molecule has 0 saturated carbocycles. The highest BCUT2D eigenvalue weighted by molar-refractivity contribution is 5.91. The Balaban J connectivity index is -0.000000230. The van der Waals surface area contributed by atoms with E-state index in [-0.39, 0.29) is 144 Å². The summed E-state index contributed by atoms with van der Waals surface area (Å²) in [5.74, 6) is -2.46. The van der Waals surface area contributed by atoms with E-state index in [0.29, 0.717) is 25.3 Å². The summed E-state index contributed by atoms with van der Waals surface area (Å²) in [7, 11) is 0. The quantitative estimate of drug-likeness (QED) is 0.0273. The molecule has 1 aromatic carbocycles. The minimum atomic E-state index is -1.04. The molecule has 534 valence electrons. The van der Waals surface area contributed by atoms with Crippen molar-refractivity contribution < 1.29 is 68.1 Å². The van der Waals surface area contributed by atoms with Crippen molar-refractivity contribution >= 4 is 70.1 Å². The smallest absolute Gasteiger partial charge is 0.305 e. The number of nitrogens with zero attached hydrogens (tertiary/aromatic N) is 1. The summed E-state index contributed by atoms with van der Waals surface area (Å²) in [6.45, 7) is 31.0. The number of unbranched alkanes of at least 4 members (excludes halogenated alkanes) is 1. The van der Waals surface area contributed by atoms with Crippen LogP contribution in [0.4, 0.5) is 0 Å². The van der Waals surface area contributed by atoms with Gasteiger partial charge in [0, 0.05) is 66.7 Å². The first kappa shape index (κ1) is 96.9. The minimum absolute atomic E-state index is 0.00444. The fourth-order valence-corrected chi connectivity index (χ4v) is 7.51. The van der Waals surface area contributed by atoms with Gasteiger partial charge in [-0.1, -0.05) is 148 Å². The lowest BCUT2D eigenvalue weighted by Gasteiger charge is -2.12. The van der Waals surface area contributed by atoms with Crippen LogP contribution in [0.1, 0.15) is 193 Å². The van der Waals surface area contributed by atoms with Gasteiger partial charge in [0.05, 0.1) is 61.4 Å². The average Bonchev–Trinajstić information content (AvgIpc) is 1.92. The van der Waals surface area contributed by atoms with Gasteiger partial charge in [-0.05, 0) is 63.6 Å². The number of carboxylic acids is 2. The van der Waals surface area contributed by atoms with Crippen molar-refractivity contribution in [3.05, 3.63) is 35.9 Å². The van der Waals surface area contributed by atoms with Gasteiger partial charge in [0.1, 0.15) is 0 Å². The molecule has 1 heterocycles. The van der Waals surface area contributed by atoms with Crippen LogP contribution in [0.2, 0.25) is 0 Å². The molecule has 1 fully saturated rings. The number of nitrogens with one attached hydrogen (secondary N) is 1. The van der Waals surface area contributed by atoms with E-state index in [1.807, 2.05) is 85.7 Å². The zero-order chi connectivity index (χ0) is 73.3. The summed E-state index contributed by atoms with van der Waals surface area (Å²) in [6, 6.07) is 5.59. The van der Waals surface area contributed by atoms with Crippen molar-refractivity contribution in [3.8, 4) is 0 Å². The van der Waals surface area contributed by atoms with E-state index in [1.165, 1.54) is 0 Å². The second kappa shape index (κ2) is 56.4. The maximum atomic E-state index is 11.5. The lowest BCUT2D eigenvalue weighted by molar-refractivity contribution is -0.139. The van der Waals surface area contributed by atoms with Crippen LogP contribution < -0.4 is 68.4 Å². The number of primary amides is 1. The molecule has 1 aliphatic heterocycles. The van der Waals surface area contributed by atoms with Gasteiger partial charge in [0.15, 0.2) is 52.2 Å². The molecule has 0 aliphatic carbocycles. The second-order valence-corrected chi connectivity index (χ2v) is 24.7. The first-order valence-corrected chi connectivity index (χ1v) is 31.8. The fraction of sp³-hybridized carbons (Fsp3) is 0.723. The molecule has 0 aromatic heterocycles. The van der Waals surface area contributed by atoms with Crippen LogP contribution in [-0.2, 0) is 52.7 Å². The van der Waals surface area contributed by atoms with Crippen molar-refractivity contribution in [2.24, 2.45) is 115 Å². The van der Waals surface area contributed by atoms with Gasteiger partial charge < -0.3 is 83.7 Å². The van der Waals surface area contributed by atoms with Crippen molar-refractivity contribution in [2.75, 3.05) is 26.2 Å². The Kier molecular flexibility index (Phi) is 59.4. The molecule has 1 unspecified atom stereocenters. The van der Waals surface area contributed by atoms with E-state index < -0.39 is 48.1 Å². The number of aliphatic imine (C=N–C) groups is 1. The molecule has 0 bridgehead atoms. The standard InChI is InChI=1S/C11H15NO.C9H20N4O.C9H20N2O.C8H15NO3.C8H15NO.C7H14N2O2.C7H13NO3.C6H13NO2/c1-8(2)11(13)10(12)9-6-4-3-5-7-9;1-6(2)8(14)7(10)4-3-5-13-9(11)12;1-7(2)9(12)8(11)5-3-4-6-10;1-5(2)8(12)6(9)3-4-7(10)11;1-6(2)8(10)7-4-3-5-9-7;2*1-4(2)7(11)5(8)3-6(9)10;1-4(2)6(9)5(7)3-8/h3-8,10H,12H2,1-2H3;6-7H,3-5,10H2,1-2H3,(H4,11,12,13);7-8H,3-6,10-11H2,1-2H3;5-6H,3-4,9H2,1-2H3,(H,10,11);6-7,9H,3-5H2,1-2H3;4-5H,3,8H2,1-2H3,(H2,9,10);4-5H,3,8H2,1-2H3,(H,9,10);4-5,8H,3,7H2,1-2H3/t10-;7-;8-;6-;;3*5-/m0000.000/s1. The number of carboxylic acid groups (broad SMARTS) is 2. The number of ketones is 8. The zero-order valence-corrected chi connectivity index (χ0v) is 58.4. The molecule has 1 aromatic rings. The number of hydrogen-bond acceptors (Lipinski definition) is 22. The molecule has 2 rings (SSSR count). The number of amides is 1. The maximum Gasteiger partial charge on any atom is 0.305 e. The third kappa shape index (κ3) is 53.4. The summed E-state index contributed by atoms with van der Waals surface area (Å²) >= 11 is 0. The van der Waals surface area contributed by atoms with E-state index in [4.69, 9.17) is 78.4 Å². The molecule has 26 N–H and O–H groups in total. The van der Waals surface area contributed by atoms with Crippen LogP contribution >= 0.6 is 0 Å². The molecule has 27 nitrogen and oxygen atoms in total. The van der Waals surface area contributed by atoms with Gasteiger partial charge in [-0.2, -0.15) is 0 Å². The number of nitrogens with two attached hydrogens (primary N) is 11. The lowest BCUT2D eigenvalue weighted by Crippen LogP contribution is -2.37. The van der Waals surface area contributed by atoms with E-state index in [9.17, 15) is 52.7 Å². The largest absolute Gasteiger partial charge is 0.481 e. The normalized spacial score (nSPS) is 14.5. The first-order chi connectivity index (χ1) is 42.3. The molecule has 0 radical (unpaired) electrons. The molecular weight excluding hydrogens is 1190 g/mol. The molecule has 92 heavy (non-hydrogen) atoms. The number of aliphatic hydroxyl groups is 1. The number of aliphatic carboxylic acids is 2. The summed E-state index contributed by atoms with van der Waals surface area (Å²) < 4.78 is 0. The number of rotatable bonds is 33. The number of carbonyl (C=O) groups is 11. The molecule has 8 atom stereocenters. The number of guanidine groups is 1. The van der Waals surface area contributed by atoms with Crippen LogP contribution in [0.15, 0.2) is 35.3 Å². The monoisotopic (exact) mass is 1310 g/mol. The van der Waals surface area contributed by atoms with Crippen molar-refractivity contribution in [2.45, 2.75) is 230 Å². The topological polar surface area (TPSA) is 559 Å². The molecule has 0 spiro atoms. The third-order valence-corrected chi connectivity index (χ3v) is 13.2. The van der Waals surface area contributed by atoms with Gasteiger partial charge in [0.25, 0.3) is 0 Å². The minimum Gasteiger partial charge on any atom is -0.481 e. The Morgan fingerprint density at radius 1 is 0.478 bits per heavy atom. The Morgan fingerprint density at radius 2 is 0.848 bits per heavy atom. The van der Waals surface area contributed by atoms with Crippen LogP contribution in [0, 0.1) is 47.3 Å². The molecule has 1 amide bonds. The second-order valence-electron chi connectivity index (χ2n) is 24.7. The van der Waals surface area contributed by atoms with Gasteiger partial charge >= 0.3 is 11.9 Å². The first-order valence-electron chi connectivity index (χ1n) is 31.8. The number of benzene rings is 1. The molecule has 1 saturated heterocycles.